The number of methoxy groups -OCH3 is 2. The molecule has 4 heterocycles. The number of carbonyl (C=O) groups excluding carboxylic acids is 5. The van der Waals surface area contributed by atoms with E-state index in [9.17, 15) is 19.2 Å². The molecule has 0 bridgehead atoms. The van der Waals surface area contributed by atoms with E-state index in [4.69, 9.17) is 71.6 Å². The largest absolute Gasteiger partial charge is 0.497 e. The summed E-state index contributed by atoms with van der Waals surface area (Å²) in [6.07, 6.45) is -7.12. The molecule has 0 aliphatic carbocycles. The molecule has 0 saturated carbocycles. The number of aromatic nitrogens is 4. The third-order valence-corrected chi connectivity index (χ3v) is 17.9. The number of benzene rings is 4. The molecule has 508 valence electrons. The number of amides is 1. The molecule has 27 nitrogen and oxygen atoms in total. The molecule has 3 N–H and O–H groups in total. The molecule has 4 aromatic carbocycles. The van der Waals surface area contributed by atoms with Gasteiger partial charge in [-0.3, -0.25) is 37.6 Å². The van der Waals surface area contributed by atoms with E-state index in [1.165, 1.54) is 26.5 Å². The molecule has 2 aliphatic rings. The molecular formula is C66H84N7O20P. The van der Waals surface area contributed by atoms with Crippen molar-refractivity contribution in [2.75, 3.05) is 79.4 Å². The van der Waals surface area contributed by atoms with Crippen molar-refractivity contribution < 1.29 is 94.4 Å². The van der Waals surface area contributed by atoms with Gasteiger partial charge in [-0.15, -0.1) is 0 Å². The Morgan fingerprint density at radius 2 is 1.22 bits per heavy atom. The lowest BCUT2D eigenvalue weighted by Gasteiger charge is -2.44. The second kappa shape index (κ2) is 34.1. The highest BCUT2D eigenvalue weighted by Gasteiger charge is 2.55. The van der Waals surface area contributed by atoms with E-state index in [2.05, 4.69) is 20.3 Å². The number of hydrogen-bond donors (Lipinski definition) is 2. The first-order valence-electron chi connectivity index (χ1n) is 30.8. The molecule has 2 aromatic heterocycles. The van der Waals surface area contributed by atoms with Crippen LogP contribution in [0, 0.1) is 0 Å². The molecule has 0 spiro atoms. The number of imidazole rings is 1. The SMILES string of the molecule is COc1ccc(C(OC(C(=O)c2ccccc2)[C@H]2O[C@@H](n3cnc4c(N)ncnc43)C[C@@H]2OP(=O)(OCCOCCOCCOCCO[C@@H]2O[C@H](COC(C)=O)[C@H](OC(C)=O)[C@H](OC(C)=O)[C@H]2NC(C)=O)N(C(C)C)C(C)C)(c2ccccc2)c2ccc(OC)cc2)cc1. The fourth-order valence-corrected chi connectivity index (χ4v) is 13.7. The average molecular weight is 1330 g/mol. The third-order valence-electron chi connectivity index (χ3n) is 15.3. The van der Waals surface area contributed by atoms with E-state index in [1.807, 2.05) is 113 Å². The van der Waals surface area contributed by atoms with Crippen LogP contribution in [-0.2, 0) is 85.8 Å². The normalized spacial score (nSPS) is 20.8. The van der Waals surface area contributed by atoms with Gasteiger partial charge < -0.3 is 67.9 Å². The summed E-state index contributed by atoms with van der Waals surface area (Å²) in [5, 5.41) is 2.65. The van der Waals surface area contributed by atoms with Crippen molar-refractivity contribution in [3.8, 4) is 11.5 Å². The van der Waals surface area contributed by atoms with Gasteiger partial charge in [0.1, 0.15) is 66.1 Å². The average Bonchev–Trinajstić information content (AvgIpc) is 1.17. The molecule has 2 unspecified atom stereocenters. The first-order valence-corrected chi connectivity index (χ1v) is 32.3. The van der Waals surface area contributed by atoms with Gasteiger partial charge in [0.25, 0.3) is 0 Å². The lowest BCUT2D eigenvalue weighted by Crippen LogP contribution is -2.66. The molecule has 94 heavy (non-hydrogen) atoms. The van der Waals surface area contributed by atoms with E-state index in [1.54, 1.807) is 47.7 Å². The maximum absolute atomic E-state index is 16.1. The molecule has 2 saturated heterocycles. The predicted molar refractivity (Wildman–Crippen MR) is 339 cm³/mol. The summed E-state index contributed by atoms with van der Waals surface area (Å²) in [6, 6.07) is 31.1. The van der Waals surface area contributed by atoms with Gasteiger partial charge >= 0.3 is 25.7 Å². The third kappa shape index (κ3) is 18.2. The van der Waals surface area contributed by atoms with Gasteiger partial charge in [0.2, 0.25) is 5.91 Å². The van der Waals surface area contributed by atoms with E-state index in [0.29, 0.717) is 44.9 Å². The number of ketones is 1. The minimum atomic E-state index is -4.43. The number of rotatable bonds is 35. The number of Topliss-reactive ketones (excluding diaryl/α,β-unsaturated/α-hetero) is 1. The van der Waals surface area contributed by atoms with Crippen LogP contribution >= 0.6 is 7.75 Å². The van der Waals surface area contributed by atoms with Crippen molar-refractivity contribution in [3.05, 3.63) is 144 Å². The lowest BCUT2D eigenvalue weighted by molar-refractivity contribution is -0.279. The number of carbonyl (C=O) groups is 5. The van der Waals surface area contributed by atoms with Crippen LogP contribution in [0.15, 0.2) is 122 Å². The fraction of sp³-hybridized carbons (Fsp3) is 0.485. The van der Waals surface area contributed by atoms with Gasteiger partial charge in [0.15, 0.2) is 41.9 Å². The van der Waals surface area contributed by atoms with Gasteiger partial charge in [-0.25, -0.2) is 24.2 Å². The van der Waals surface area contributed by atoms with Crippen molar-refractivity contribution in [1.29, 1.82) is 0 Å². The number of esters is 3. The summed E-state index contributed by atoms with van der Waals surface area (Å²) in [4.78, 5) is 77.5. The highest BCUT2D eigenvalue weighted by molar-refractivity contribution is 7.51. The summed E-state index contributed by atoms with van der Waals surface area (Å²) in [7, 11) is -1.27. The van der Waals surface area contributed by atoms with Crippen LogP contribution in [0.5, 0.6) is 11.5 Å². The summed E-state index contributed by atoms with van der Waals surface area (Å²) < 4.78 is 105. The monoisotopic (exact) mass is 1330 g/mol. The molecule has 2 aliphatic heterocycles. The molecule has 0 radical (unpaired) electrons. The molecule has 8 rings (SSSR count). The number of hydrogen-bond acceptors (Lipinski definition) is 24. The summed E-state index contributed by atoms with van der Waals surface area (Å²) in [6.45, 7) is 12.2. The van der Waals surface area contributed by atoms with Gasteiger partial charge in [0.05, 0.1) is 73.4 Å². The lowest BCUT2D eigenvalue weighted by atomic mass is 9.79. The van der Waals surface area contributed by atoms with Crippen LogP contribution < -0.4 is 20.5 Å². The molecule has 10 atom stereocenters. The van der Waals surface area contributed by atoms with Crippen molar-refractivity contribution in [1.82, 2.24) is 29.5 Å². The Bertz CT molecular complexity index is 3420. The van der Waals surface area contributed by atoms with Gasteiger partial charge in [0, 0.05) is 51.8 Å². The smallest absolute Gasteiger partial charge is 0.409 e. The second-order valence-electron chi connectivity index (χ2n) is 22.6. The maximum atomic E-state index is 16.1. The van der Waals surface area contributed by atoms with E-state index < -0.39 is 110 Å². The second-order valence-corrected chi connectivity index (χ2v) is 24.5. The Kier molecular flexibility index (Phi) is 26.1. The molecular weight excluding hydrogens is 1240 g/mol. The van der Waals surface area contributed by atoms with E-state index in [0.717, 1.165) is 13.8 Å². The van der Waals surface area contributed by atoms with Crippen molar-refractivity contribution in [2.45, 2.75) is 135 Å². The Morgan fingerprint density at radius 1 is 0.681 bits per heavy atom. The summed E-state index contributed by atoms with van der Waals surface area (Å²) in [5.41, 5.74) is 7.64. The minimum absolute atomic E-state index is 0.0156. The van der Waals surface area contributed by atoms with Crippen LogP contribution in [0.3, 0.4) is 0 Å². The first-order chi connectivity index (χ1) is 45.2. The van der Waals surface area contributed by atoms with Crippen LogP contribution in [0.2, 0.25) is 0 Å². The van der Waals surface area contributed by atoms with Gasteiger partial charge in [-0.1, -0.05) is 84.9 Å². The van der Waals surface area contributed by atoms with Gasteiger partial charge in [-0.05, 0) is 68.7 Å². The summed E-state index contributed by atoms with van der Waals surface area (Å²) >= 11 is 0. The number of nitrogen functional groups attached to an aromatic ring is 1. The Morgan fingerprint density at radius 3 is 1.77 bits per heavy atom. The number of nitrogens with two attached hydrogens (primary N) is 1. The Hall–Kier alpha value is -7.79. The zero-order valence-electron chi connectivity index (χ0n) is 54.4. The van der Waals surface area contributed by atoms with E-state index >= 15 is 9.36 Å². The Balaban J connectivity index is 0.992. The fourth-order valence-electron chi connectivity index (χ4n) is 11.4. The van der Waals surface area contributed by atoms with Crippen molar-refractivity contribution >= 4 is 54.3 Å². The molecule has 28 heteroatoms. The number of fused-ring (bicyclic) bond motifs is 1. The van der Waals surface area contributed by atoms with Crippen LogP contribution in [0.25, 0.3) is 11.2 Å². The number of nitrogens with zero attached hydrogens (tertiary/aromatic N) is 5. The van der Waals surface area contributed by atoms with Gasteiger partial charge in [-0.2, -0.15) is 0 Å². The van der Waals surface area contributed by atoms with Crippen LogP contribution in [0.4, 0.5) is 5.82 Å². The topological polar surface area (TPSA) is 317 Å². The standard InChI is InChI=1S/C66H84N7O20P/c1-41(2)73(42(3)4)94(79,87-36-34-84-32-30-82-29-31-83-33-35-85-65-56(71-43(5)74)61(89-46(8)77)60(88-45(7)76)54(90-65)38-86-44(6)75)93-53-37-55(72-40-70-57-63(67)68-39-69-64(57)72)91-59(53)62(58(78)47-17-13-11-14-18-47)92-66(48-19-15-12-16-20-48,49-21-25-51(80-9)26-22-49)50-23-27-52(81-10)28-24-50/h11-28,39-42,53-56,59-62,65H,29-38H2,1-10H3,(H,71,74)(H2,67,68,69)/t53-,54+,55+,56+,59-,60-,61+,62?,65+,94?/m0/s1. The predicted octanol–water partition coefficient (Wildman–Crippen LogP) is 7.32. The minimum Gasteiger partial charge on any atom is -0.497 e. The van der Waals surface area contributed by atoms with E-state index in [-0.39, 0.29) is 71.7 Å². The maximum Gasteiger partial charge on any atom is 0.409 e. The highest BCUT2D eigenvalue weighted by Crippen LogP contribution is 2.58. The molecule has 2 fully saturated rings. The zero-order chi connectivity index (χ0) is 67.5. The van der Waals surface area contributed by atoms with Crippen molar-refractivity contribution in [2.24, 2.45) is 0 Å². The van der Waals surface area contributed by atoms with Crippen LogP contribution in [0.1, 0.15) is 95.1 Å². The summed E-state index contributed by atoms with van der Waals surface area (Å²) in [5.74, 6) is -1.77. The highest BCUT2D eigenvalue weighted by atomic mass is 31.2. The number of anilines is 1. The number of nitrogens with one attached hydrogen (secondary N) is 1. The van der Waals surface area contributed by atoms with Crippen molar-refractivity contribution in [3.63, 3.8) is 0 Å². The Labute approximate surface area is 545 Å². The quantitative estimate of drug-likeness (QED) is 0.00982. The van der Waals surface area contributed by atoms with Crippen LogP contribution in [-0.4, -0.2) is 189 Å². The molecule has 6 aromatic rings. The first kappa shape index (κ1) is 72.0. The molecule has 1 amide bonds. The zero-order valence-corrected chi connectivity index (χ0v) is 55.3. The number of ether oxygens (including phenoxy) is 12.